The van der Waals surface area contributed by atoms with Crippen LogP contribution in [0.25, 0.3) is 0 Å². The summed E-state index contributed by atoms with van der Waals surface area (Å²) in [5, 5.41) is 2.34. The molecular formula is C14H18N2O3. The Morgan fingerprint density at radius 3 is 2.58 bits per heavy atom. The van der Waals surface area contributed by atoms with E-state index >= 15 is 0 Å². The van der Waals surface area contributed by atoms with Gasteiger partial charge >= 0.3 is 6.03 Å². The van der Waals surface area contributed by atoms with E-state index in [1.807, 2.05) is 0 Å². The molecule has 0 aromatic carbocycles. The predicted molar refractivity (Wildman–Crippen MR) is 68.1 cm³/mol. The number of nitrogens with zero attached hydrogens (tertiary/aromatic N) is 1. The molecule has 0 bridgehead atoms. The number of imide groups is 2. The summed E-state index contributed by atoms with van der Waals surface area (Å²) < 4.78 is 0. The molecule has 3 aliphatic rings. The molecule has 102 valence electrons. The van der Waals surface area contributed by atoms with Crippen LogP contribution in [-0.4, -0.2) is 29.3 Å². The largest absolute Gasteiger partial charge is 0.330 e. The van der Waals surface area contributed by atoms with Crippen LogP contribution in [0.15, 0.2) is 11.6 Å². The van der Waals surface area contributed by atoms with Gasteiger partial charge in [-0.15, -0.1) is 0 Å². The molecule has 0 aromatic rings. The maximum absolute atomic E-state index is 12.4. The second-order valence-corrected chi connectivity index (χ2v) is 5.66. The molecule has 1 aliphatic heterocycles. The van der Waals surface area contributed by atoms with Crippen molar-refractivity contribution >= 4 is 17.8 Å². The fourth-order valence-electron chi connectivity index (χ4n) is 3.13. The highest BCUT2D eigenvalue weighted by Gasteiger charge is 2.57. The smallest absolute Gasteiger partial charge is 0.277 e. The Kier molecular flexibility index (Phi) is 2.92. The molecule has 1 N–H and O–H groups in total. The van der Waals surface area contributed by atoms with E-state index in [4.69, 9.17) is 0 Å². The first-order valence-corrected chi connectivity index (χ1v) is 6.99. The van der Waals surface area contributed by atoms with Gasteiger partial charge in [-0.1, -0.05) is 18.1 Å². The van der Waals surface area contributed by atoms with Gasteiger partial charge in [0.25, 0.3) is 0 Å². The molecule has 0 aromatic heterocycles. The van der Waals surface area contributed by atoms with Crippen LogP contribution in [0.3, 0.4) is 0 Å². The minimum Gasteiger partial charge on any atom is -0.277 e. The summed E-state index contributed by atoms with van der Waals surface area (Å²) in [4.78, 5) is 37.3. The van der Waals surface area contributed by atoms with Crippen molar-refractivity contribution in [3.63, 3.8) is 0 Å². The van der Waals surface area contributed by atoms with Gasteiger partial charge in [-0.25, -0.2) is 4.79 Å². The predicted octanol–water partition coefficient (Wildman–Crippen LogP) is 1.74. The monoisotopic (exact) mass is 262 g/mol. The molecule has 4 amide bonds. The van der Waals surface area contributed by atoms with Gasteiger partial charge in [-0.05, 0) is 38.5 Å². The van der Waals surface area contributed by atoms with Gasteiger partial charge < -0.3 is 0 Å². The Labute approximate surface area is 112 Å². The number of carbonyl (C=O) groups excluding carboxylic acids is 3. The zero-order valence-electron chi connectivity index (χ0n) is 10.9. The Bertz CT molecular complexity index is 477. The highest BCUT2D eigenvalue weighted by molar-refractivity contribution is 6.19. The fourth-order valence-corrected chi connectivity index (χ4v) is 3.13. The van der Waals surface area contributed by atoms with Gasteiger partial charge in [0.05, 0.1) is 0 Å². The molecule has 0 unspecified atom stereocenters. The third-order valence-corrected chi connectivity index (χ3v) is 4.55. The lowest BCUT2D eigenvalue weighted by Crippen LogP contribution is -2.66. The van der Waals surface area contributed by atoms with E-state index in [1.165, 1.54) is 10.5 Å². The Morgan fingerprint density at radius 1 is 1.21 bits per heavy atom. The maximum Gasteiger partial charge on any atom is 0.330 e. The third-order valence-electron chi connectivity index (χ3n) is 4.55. The van der Waals surface area contributed by atoms with Gasteiger partial charge in [-0.3, -0.25) is 19.8 Å². The van der Waals surface area contributed by atoms with Crippen molar-refractivity contribution < 1.29 is 14.4 Å². The van der Waals surface area contributed by atoms with Crippen LogP contribution in [0.1, 0.15) is 44.9 Å². The zero-order chi connectivity index (χ0) is 13.5. The molecule has 0 radical (unpaired) electrons. The van der Waals surface area contributed by atoms with Crippen molar-refractivity contribution in [2.45, 2.75) is 44.9 Å². The Hall–Kier alpha value is -1.65. The molecule has 1 saturated heterocycles. The number of hydrogen-bond donors (Lipinski definition) is 1. The highest BCUT2D eigenvalue weighted by atomic mass is 16.2. The van der Waals surface area contributed by atoms with Crippen molar-refractivity contribution in [2.24, 2.45) is 5.41 Å². The Balaban J connectivity index is 1.70. The van der Waals surface area contributed by atoms with Crippen molar-refractivity contribution in [1.82, 2.24) is 10.2 Å². The third kappa shape index (κ3) is 1.88. The number of nitrogens with one attached hydrogen (secondary N) is 1. The molecule has 5 heteroatoms. The normalized spacial score (nSPS) is 25.4. The van der Waals surface area contributed by atoms with Crippen molar-refractivity contribution in [2.75, 3.05) is 6.54 Å². The van der Waals surface area contributed by atoms with E-state index in [-0.39, 0.29) is 5.91 Å². The minimum atomic E-state index is -0.933. The van der Waals surface area contributed by atoms with Gasteiger partial charge in [0, 0.05) is 6.54 Å². The molecule has 3 rings (SSSR count). The van der Waals surface area contributed by atoms with E-state index in [0.29, 0.717) is 19.4 Å². The van der Waals surface area contributed by atoms with E-state index in [9.17, 15) is 14.4 Å². The lowest BCUT2D eigenvalue weighted by Gasteiger charge is -2.44. The summed E-state index contributed by atoms with van der Waals surface area (Å²) in [6.45, 7) is 0.394. The number of amides is 4. The second kappa shape index (κ2) is 4.47. The SMILES string of the molecule is O=C1NC(=O)C2(CCC2)C(=O)N1CCC1=CCCC1. The van der Waals surface area contributed by atoms with Crippen LogP contribution < -0.4 is 5.32 Å². The maximum atomic E-state index is 12.4. The summed E-state index contributed by atoms with van der Waals surface area (Å²) in [5.74, 6) is -0.684. The number of urea groups is 1. The molecule has 1 spiro atoms. The van der Waals surface area contributed by atoms with Crippen LogP contribution in [0.4, 0.5) is 4.79 Å². The lowest BCUT2D eigenvalue weighted by molar-refractivity contribution is -0.157. The van der Waals surface area contributed by atoms with E-state index in [2.05, 4.69) is 11.4 Å². The number of rotatable bonds is 3. The minimum absolute atomic E-state index is 0.286. The first-order chi connectivity index (χ1) is 9.13. The lowest BCUT2D eigenvalue weighted by atomic mass is 9.66. The summed E-state index contributed by atoms with van der Waals surface area (Å²) in [5.41, 5.74) is 0.387. The molecular weight excluding hydrogens is 244 g/mol. The summed E-state index contributed by atoms with van der Waals surface area (Å²) in [6.07, 6.45) is 8.28. The van der Waals surface area contributed by atoms with Crippen molar-refractivity contribution in [3.8, 4) is 0 Å². The van der Waals surface area contributed by atoms with Gasteiger partial charge in [0.15, 0.2) is 0 Å². The zero-order valence-corrected chi connectivity index (χ0v) is 10.9. The first kappa shape index (κ1) is 12.4. The molecule has 0 atom stereocenters. The van der Waals surface area contributed by atoms with Gasteiger partial charge in [0.1, 0.15) is 5.41 Å². The van der Waals surface area contributed by atoms with Crippen LogP contribution >= 0.6 is 0 Å². The van der Waals surface area contributed by atoms with Crippen LogP contribution in [0.2, 0.25) is 0 Å². The summed E-state index contributed by atoms with van der Waals surface area (Å²) in [7, 11) is 0. The highest BCUT2D eigenvalue weighted by Crippen LogP contribution is 2.44. The van der Waals surface area contributed by atoms with Crippen LogP contribution in [-0.2, 0) is 9.59 Å². The van der Waals surface area contributed by atoms with Gasteiger partial charge in [0.2, 0.25) is 11.8 Å². The number of hydrogen-bond acceptors (Lipinski definition) is 3. The fraction of sp³-hybridized carbons (Fsp3) is 0.643. The topological polar surface area (TPSA) is 66.5 Å². The Morgan fingerprint density at radius 2 is 2.00 bits per heavy atom. The average Bonchev–Trinajstić information content (AvgIpc) is 2.79. The number of barbiturate groups is 1. The van der Waals surface area contributed by atoms with Crippen LogP contribution in [0.5, 0.6) is 0 Å². The number of carbonyl (C=O) groups is 3. The standard InChI is InChI=1S/C14H18N2O3/c17-11-14(7-3-8-14)12(18)16(13(19)15-11)9-6-10-4-1-2-5-10/h4H,1-3,5-9H2,(H,15,17,19). The van der Waals surface area contributed by atoms with Gasteiger partial charge in [-0.2, -0.15) is 0 Å². The van der Waals surface area contributed by atoms with Crippen molar-refractivity contribution in [3.05, 3.63) is 11.6 Å². The van der Waals surface area contributed by atoms with Crippen molar-refractivity contribution in [1.29, 1.82) is 0 Å². The second-order valence-electron chi connectivity index (χ2n) is 5.66. The summed E-state index contributed by atoms with van der Waals surface area (Å²) in [6, 6.07) is -0.550. The molecule has 1 heterocycles. The number of allylic oxidation sites excluding steroid dienone is 1. The quantitative estimate of drug-likeness (QED) is 0.622. The van der Waals surface area contributed by atoms with Crippen LogP contribution in [0, 0.1) is 5.41 Å². The first-order valence-electron chi connectivity index (χ1n) is 6.99. The molecule has 2 fully saturated rings. The van der Waals surface area contributed by atoms with E-state index in [0.717, 1.165) is 32.1 Å². The molecule has 19 heavy (non-hydrogen) atoms. The summed E-state index contributed by atoms with van der Waals surface area (Å²) >= 11 is 0. The molecule has 2 aliphatic carbocycles. The van der Waals surface area contributed by atoms with E-state index < -0.39 is 17.4 Å². The molecule has 1 saturated carbocycles. The molecule has 5 nitrogen and oxygen atoms in total. The van der Waals surface area contributed by atoms with E-state index in [1.54, 1.807) is 0 Å². The average molecular weight is 262 g/mol.